The van der Waals surface area contributed by atoms with Gasteiger partial charge in [0.25, 0.3) is 5.91 Å². The molecule has 3 nitrogen and oxygen atoms in total. The van der Waals surface area contributed by atoms with Crippen molar-refractivity contribution in [1.29, 1.82) is 0 Å². The normalized spacial score (nSPS) is 17.0. The van der Waals surface area contributed by atoms with Crippen molar-refractivity contribution in [2.45, 2.75) is 26.3 Å². The summed E-state index contributed by atoms with van der Waals surface area (Å²) in [5.41, 5.74) is 4.26. The zero-order valence-electron chi connectivity index (χ0n) is 13.7. The Balaban J connectivity index is 1.80. The Morgan fingerprint density at radius 2 is 2.08 bits per heavy atom. The van der Waals surface area contributed by atoms with Gasteiger partial charge in [-0.15, -0.1) is 0 Å². The van der Waals surface area contributed by atoms with Gasteiger partial charge in [-0.25, -0.2) is 4.39 Å². The third-order valence-electron chi connectivity index (χ3n) is 4.10. The van der Waals surface area contributed by atoms with Crippen molar-refractivity contribution in [2.75, 3.05) is 0 Å². The van der Waals surface area contributed by atoms with Crippen LogP contribution in [0.1, 0.15) is 35.0 Å². The number of amides is 1. The molecule has 1 aromatic carbocycles. The molecular formula is C20H19FN2O. The Morgan fingerprint density at radius 1 is 1.25 bits per heavy atom. The molecule has 4 heteroatoms. The van der Waals surface area contributed by atoms with Gasteiger partial charge in [0, 0.05) is 11.9 Å². The van der Waals surface area contributed by atoms with Crippen LogP contribution in [0, 0.1) is 12.7 Å². The summed E-state index contributed by atoms with van der Waals surface area (Å²) in [5, 5.41) is 3.00. The van der Waals surface area contributed by atoms with Gasteiger partial charge in [0.2, 0.25) is 0 Å². The molecule has 0 bridgehead atoms. The van der Waals surface area contributed by atoms with Crippen LogP contribution in [0.2, 0.25) is 0 Å². The van der Waals surface area contributed by atoms with Crippen LogP contribution in [0.4, 0.5) is 4.39 Å². The number of aryl methyl sites for hydroxylation is 1. The summed E-state index contributed by atoms with van der Waals surface area (Å²) in [6, 6.07) is 9.96. The number of halogens is 1. The standard InChI is InChI=1S/C20H19FN2O/c1-13-6-9-18(11-19(13)15-4-3-5-17(21)10-15)23-20(24)16-8-7-14(2)22-12-16/h3-8,10-12,18H,9H2,1-2H3,(H,23,24). The highest BCUT2D eigenvalue weighted by Crippen LogP contribution is 2.28. The van der Waals surface area contributed by atoms with Crippen LogP contribution in [0.15, 0.2) is 60.3 Å². The van der Waals surface area contributed by atoms with Crippen molar-refractivity contribution in [3.63, 3.8) is 0 Å². The molecule has 0 fully saturated rings. The van der Waals surface area contributed by atoms with Gasteiger partial charge in [-0.1, -0.05) is 24.3 Å². The highest BCUT2D eigenvalue weighted by atomic mass is 19.1. The summed E-state index contributed by atoms with van der Waals surface area (Å²) in [5.74, 6) is -0.423. The largest absolute Gasteiger partial charge is 0.345 e. The van der Waals surface area contributed by atoms with Crippen LogP contribution in [-0.4, -0.2) is 16.9 Å². The van der Waals surface area contributed by atoms with Crippen molar-refractivity contribution in [1.82, 2.24) is 10.3 Å². The van der Waals surface area contributed by atoms with Gasteiger partial charge in [0.05, 0.1) is 11.6 Å². The van der Waals surface area contributed by atoms with Crippen LogP contribution in [0.3, 0.4) is 0 Å². The summed E-state index contributed by atoms with van der Waals surface area (Å²) in [6.07, 6.45) is 6.35. The second kappa shape index (κ2) is 6.79. The predicted octanol–water partition coefficient (Wildman–Crippen LogP) is 4.06. The highest BCUT2D eigenvalue weighted by molar-refractivity contribution is 5.94. The number of hydrogen-bond acceptors (Lipinski definition) is 2. The van der Waals surface area contributed by atoms with E-state index in [1.165, 1.54) is 12.1 Å². The fourth-order valence-corrected chi connectivity index (χ4v) is 2.75. The molecule has 1 amide bonds. The monoisotopic (exact) mass is 322 g/mol. The van der Waals surface area contributed by atoms with E-state index in [9.17, 15) is 9.18 Å². The SMILES string of the molecule is CC1=CCC(NC(=O)c2ccc(C)nc2)C=C1c1cccc(F)c1. The Hall–Kier alpha value is -2.75. The predicted molar refractivity (Wildman–Crippen MR) is 93.0 cm³/mol. The number of nitrogens with one attached hydrogen (secondary N) is 1. The average molecular weight is 322 g/mol. The van der Waals surface area contributed by atoms with Crippen LogP contribution in [-0.2, 0) is 0 Å². The molecule has 0 aliphatic heterocycles. The average Bonchev–Trinajstić information content (AvgIpc) is 2.57. The first-order valence-electron chi connectivity index (χ1n) is 7.91. The molecule has 0 radical (unpaired) electrons. The van der Waals surface area contributed by atoms with E-state index in [0.29, 0.717) is 5.56 Å². The molecule has 2 aromatic rings. The first-order chi connectivity index (χ1) is 11.5. The minimum absolute atomic E-state index is 0.124. The number of allylic oxidation sites excluding steroid dienone is 2. The molecule has 24 heavy (non-hydrogen) atoms. The number of aromatic nitrogens is 1. The zero-order valence-corrected chi connectivity index (χ0v) is 13.7. The Labute approximate surface area is 140 Å². The molecule has 0 spiro atoms. The lowest BCUT2D eigenvalue weighted by atomic mass is 9.90. The first kappa shape index (κ1) is 16.1. The minimum atomic E-state index is -0.266. The molecule has 1 heterocycles. The number of benzene rings is 1. The smallest absolute Gasteiger partial charge is 0.253 e. The minimum Gasteiger partial charge on any atom is -0.345 e. The second-order valence-electron chi connectivity index (χ2n) is 5.98. The van der Waals surface area contributed by atoms with Crippen LogP contribution in [0.5, 0.6) is 0 Å². The van der Waals surface area contributed by atoms with E-state index in [1.54, 1.807) is 18.3 Å². The molecule has 122 valence electrons. The lowest BCUT2D eigenvalue weighted by Crippen LogP contribution is -2.34. The van der Waals surface area contributed by atoms with Crippen LogP contribution in [0.25, 0.3) is 5.57 Å². The topological polar surface area (TPSA) is 42.0 Å². The summed E-state index contributed by atoms with van der Waals surface area (Å²) in [4.78, 5) is 16.5. The third kappa shape index (κ3) is 3.59. The van der Waals surface area contributed by atoms with E-state index in [-0.39, 0.29) is 17.8 Å². The van der Waals surface area contributed by atoms with Gasteiger partial charge in [-0.05, 0) is 61.2 Å². The van der Waals surface area contributed by atoms with E-state index in [2.05, 4.69) is 16.4 Å². The number of pyridine rings is 1. The maximum atomic E-state index is 13.5. The van der Waals surface area contributed by atoms with Crippen LogP contribution < -0.4 is 5.32 Å². The number of hydrogen-bond donors (Lipinski definition) is 1. The quantitative estimate of drug-likeness (QED) is 0.926. The number of carbonyl (C=O) groups excluding carboxylic acids is 1. The molecule has 1 N–H and O–H groups in total. The lowest BCUT2D eigenvalue weighted by molar-refractivity contribution is 0.0944. The van der Waals surface area contributed by atoms with Crippen molar-refractivity contribution in [3.8, 4) is 0 Å². The molecule has 3 rings (SSSR count). The van der Waals surface area contributed by atoms with Gasteiger partial charge < -0.3 is 5.32 Å². The Bertz CT molecular complexity index is 822. The van der Waals surface area contributed by atoms with Crippen molar-refractivity contribution in [2.24, 2.45) is 0 Å². The molecule has 1 aliphatic carbocycles. The van der Waals surface area contributed by atoms with Gasteiger partial charge >= 0.3 is 0 Å². The second-order valence-corrected chi connectivity index (χ2v) is 5.98. The molecule has 1 unspecified atom stereocenters. The highest BCUT2D eigenvalue weighted by Gasteiger charge is 2.17. The van der Waals surface area contributed by atoms with Gasteiger partial charge in [-0.2, -0.15) is 0 Å². The summed E-state index contributed by atoms with van der Waals surface area (Å²) in [7, 11) is 0. The van der Waals surface area contributed by atoms with Crippen LogP contribution >= 0.6 is 0 Å². The van der Waals surface area contributed by atoms with Crippen molar-refractivity contribution in [3.05, 3.63) is 83.0 Å². The lowest BCUT2D eigenvalue weighted by Gasteiger charge is -2.21. The summed E-state index contributed by atoms with van der Waals surface area (Å²) in [6.45, 7) is 3.88. The van der Waals surface area contributed by atoms with Gasteiger partial charge in [0.1, 0.15) is 5.82 Å². The van der Waals surface area contributed by atoms with Crippen molar-refractivity contribution >= 4 is 11.5 Å². The molecule has 1 aliphatic rings. The Kier molecular flexibility index (Phi) is 4.56. The van der Waals surface area contributed by atoms with E-state index in [4.69, 9.17) is 0 Å². The van der Waals surface area contributed by atoms with E-state index in [0.717, 1.165) is 28.8 Å². The van der Waals surface area contributed by atoms with E-state index < -0.39 is 0 Å². The fourth-order valence-electron chi connectivity index (χ4n) is 2.75. The Morgan fingerprint density at radius 3 is 2.79 bits per heavy atom. The maximum absolute atomic E-state index is 13.5. The number of rotatable bonds is 3. The maximum Gasteiger partial charge on any atom is 0.253 e. The molecule has 0 saturated carbocycles. The van der Waals surface area contributed by atoms with E-state index in [1.807, 2.05) is 32.1 Å². The van der Waals surface area contributed by atoms with E-state index >= 15 is 0 Å². The number of carbonyl (C=O) groups is 1. The van der Waals surface area contributed by atoms with Gasteiger partial charge in [-0.3, -0.25) is 9.78 Å². The summed E-state index contributed by atoms with van der Waals surface area (Å²) >= 11 is 0. The molecular weight excluding hydrogens is 303 g/mol. The zero-order chi connectivity index (χ0) is 17.1. The number of nitrogens with zero attached hydrogens (tertiary/aromatic N) is 1. The molecule has 1 atom stereocenters. The van der Waals surface area contributed by atoms with Crippen molar-refractivity contribution < 1.29 is 9.18 Å². The fraction of sp³-hybridized carbons (Fsp3) is 0.200. The third-order valence-corrected chi connectivity index (χ3v) is 4.10. The van der Waals surface area contributed by atoms with Gasteiger partial charge in [0.15, 0.2) is 0 Å². The molecule has 0 saturated heterocycles. The summed E-state index contributed by atoms with van der Waals surface area (Å²) < 4.78 is 13.5. The molecule has 1 aromatic heterocycles. The first-order valence-corrected chi connectivity index (χ1v) is 7.91.